The average Bonchev–Trinajstić information content (AvgIpc) is 2.74. The third-order valence-electron chi connectivity index (χ3n) is 5.68. The Kier molecular flexibility index (Phi) is 7.05. The molecular weight excluding hydrogens is 433 g/mol. The van der Waals surface area contributed by atoms with Crippen molar-refractivity contribution in [3.05, 3.63) is 59.6 Å². The molecule has 0 saturated heterocycles. The molecule has 32 heavy (non-hydrogen) atoms. The molecule has 1 aliphatic heterocycles. The Balaban J connectivity index is 2.30. The fraction of sp³-hybridized carbons (Fsp3) is 0.375. The lowest BCUT2D eigenvalue weighted by Gasteiger charge is -2.37. The lowest BCUT2D eigenvalue weighted by Crippen LogP contribution is -2.40. The minimum atomic E-state index is -4.22. The van der Waals surface area contributed by atoms with Crippen molar-refractivity contribution in [1.82, 2.24) is 4.72 Å². The summed E-state index contributed by atoms with van der Waals surface area (Å²) in [5.74, 6) is -1.82. The van der Waals surface area contributed by atoms with Crippen LogP contribution >= 0.6 is 0 Å². The molecule has 8 heteroatoms. The van der Waals surface area contributed by atoms with Crippen molar-refractivity contribution in [2.24, 2.45) is 0 Å². The molecule has 0 radical (unpaired) electrons. The molecule has 0 aliphatic carbocycles. The SMILES string of the molecule is CCCC1(CCC)CC(O)=C(c2ccc(F)c(-c3ccccc3)c2S(=O)(=O)NC)C(=O)O1. The van der Waals surface area contributed by atoms with Crippen LogP contribution in [0.4, 0.5) is 4.39 Å². The van der Waals surface area contributed by atoms with Gasteiger partial charge in [-0.2, -0.15) is 0 Å². The number of halogens is 1. The van der Waals surface area contributed by atoms with Crippen LogP contribution in [0.3, 0.4) is 0 Å². The molecule has 1 aliphatic rings. The highest BCUT2D eigenvalue weighted by atomic mass is 32.2. The average molecular weight is 462 g/mol. The van der Waals surface area contributed by atoms with Crippen molar-refractivity contribution >= 4 is 21.6 Å². The Morgan fingerprint density at radius 1 is 1.09 bits per heavy atom. The van der Waals surface area contributed by atoms with Crippen LogP contribution in [0.1, 0.15) is 51.5 Å². The maximum absolute atomic E-state index is 15.0. The summed E-state index contributed by atoms with van der Waals surface area (Å²) in [7, 11) is -3.01. The van der Waals surface area contributed by atoms with Crippen LogP contribution in [0.25, 0.3) is 16.7 Å². The number of hydrogen-bond donors (Lipinski definition) is 2. The first-order valence-corrected chi connectivity index (χ1v) is 12.1. The normalized spacial score (nSPS) is 16.2. The molecule has 0 saturated carbocycles. The van der Waals surface area contributed by atoms with Crippen LogP contribution in [0.2, 0.25) is 0 Å². The van der Waals surface area contributed by atoms with Crippen LogP contribution in [0.15, 0.2) is 53.1 Å². The van der Waals surface area contributed by atoms with Gasteiger partial charge >= 0.3 is 5.97 Å². The number of rotatable bonds is 8. The first kappa shape index (κ1) is 23.9. The second-order valence-electron chi connectivity index (χ2n) is 7.94. The van der Waals surface area contributed by atoms with Crippen LogP contribution in [-0.2, 0) is 19.6 Å². The Labute approximate surface area is 188 Å². The predicted molar refractivity (Wildman–Crippen MR) is 121 cm³/mol. The van der Waals surface area contributed by atoms with E-state index in [1.165, 1.54) is 13.1 Å². The Morgan fingerprint density at radius 2 is 1.72 bits per heavy atom. The highest BCUT2D eigenvalue weighted by molar-refractivity contribution is 7.89. The van der Waals surface area contributed by atoms with E-state index in [2.05, 4.69) is 4.72 Å². The summed E-state index contributed by atoms with van der Waals surface area (Å²) >= 11 is 0. The number of carbonyl (C=O) groups excluding carboxylic acids is 1. The van der Waals surface area contributed by atoms with E-state index in [0.29, 0.717) is 18.4 Å². The van der Waals surface area contributed by atoms with E-state index in [9.17, 15) is 22.7 Å². The zero-order valence-electron chi connectivity index (χ0n) is 18.4. The van der Waals surface area contributed by atoms with E-state index >= 15 is 0 Å². The van der Waals surface area contributed by atoms with Crippen molar-refractivity contribution in [3.8, 4) is 11.1 Å². The van der Waals surface area contributed by atoms with Gasteiger partial charge in [0.1, 0.15) is 27.6 Å². The molecule has 0 amide bonds. The Hall–Kier alpha value is -2.71. The minimum absolute atomic E-state index is 0.0762. The van der Waals surface area contributed by atoms with Gasteiger partial charge in [0, 0.05) is 17.5 Å². The molecule has 3 rings (SSSR count). The standard InChI is InChI=1S/C24H28FNO5S/c1-4-13-24(14-5-2)15-19(27)21(23(28)31-24)17-11-12-18(25)20(16-9-7-6-8-10-16)22(17)32(29,30)26-3/h6-12,26-27H,4-5,13-15H2,1-3H3. The summed E-state index contributed by atoms with van der Waals surface area (Å²) in [5, 5.41) is 10.9. The number of esters is 1. The van der Waals surface area contributed by atoms with Crippen LogP contribution < -0.4 is 4.72 Å². The first-order valence-electron chi connectivity index (χ1n) is 10.7. The topological polar surface area (TPSA) is 92.7 Å². The molecule has 0 unspecified atom stereocenters. The third-order valence-corrected chi connectivity index (χ3v) is 7.18. The van der Waals surface area contributed by atoms with Crippen molar-refractivity contribution in [1.29, 1.82) is 0 Å². The molecule has 2 aromatic rings. The number of carbonyl (C=O) groups is 1. The summed E-state index contributed by atoms with van der Waals surface area (Å²) in [6.45, 7) is 3.93. The molecule has 2 N–H and O–H groups in total. The fourth-order valence-corrected chi connectivity index (χ4v) is 5.53. The maximum atomic E-state index is 15.0. The van der Waals surface area contributed by atoms with Gasteiger partial charge < -0.3 is 9.84 Å². The summed E-state index contributed by atoms with van der Waals surface area (Å²) in [6.07, 6.45) is 2.73. The Morgan fingerprint density at radius 3 is 2.25 bits per heavy atom. The van der Waals surface area contributed by atoms with Gasteiger partial charge in [0.05, 0.1) is 0 Å². The van der Waals surface area contributed by atoms with E-state index in [1.54, 1.807) is 30.3 Å². The van der Waals surface area contributed by atoms with Gasteiger partial charge in [-0.1, -0.05) is 57.0 Å². The van der Waals surface area contributed by atoms with E-state index < -0.39 is 32.3 Å². The number of sulfonamides is 1. The van der Waals surface area contributed by atoms with Crippen LogP contribution in [0.5, 0.6) is 0 Å². The van der Waals surface area contributed by atoms with E-state index in [-0.39, 0.29) is 28.9 Å². The number of aliphatic hydroxyl groups is 1. The number of cyclic esters (lactones) is 1. The molecule has 0 bridgehead atoms. The van der Waals surface area contributed by atoms with E-state index in [1.807, 2.05) is 13.8 Å². The lowest BCUT2D eigenvalue weighted by atomic mass is 9.84. The van der Waals surface area contributed by atoms with Crippen molar-refractivity contribution in [2.45, 2.75) is 56.4 Å². The number of ether oxygens (including phenoxy) is 1. The molecule has 172 valence electrons. The van der Waals surface area contributed by atoms with Gasteiger partial charge in [0.15, 0.2) is 0 Å². The quantitative estimate of drug-likeness (QED) is 0.542. The van der Waals surface area contributed by atoms with Gasteiger partial charge in [0.25, 0.3) is 0 Å². The van der Waals surface area contributed by atoms with Crippen molar-refractivity contribution < 1.29 is 27.4 Å². The van der Waals surface area contributed by atoms with Crippen molar-refractivity contribution in [2.75, 3.05) is 7.05 Å². The molecule has 1 heterocycles. The van der Waals surface area contributed by atoms with Gasteiger partial charge in [0.2, 0.25) is 10.0 Å². The molecule has 0 fully saturated rings. The summed E-state index contributed by atoms with van der Waals surface area (Å²) < 4.78 is 49.0. The zero-order valence-corrected chi connectivity index (χ0v) is 19.3. The third kappa shape index (κ3) is 4.42. The second kappa shape index (κ2) is 9.42. The number of benzene rings is 2. The minimum Gasteiger partial charge on any atom is -0.511 e. The molecule has 0 spiro atoms. The molecular formula is C24H28FNO5S. The van der Waals surface area contributed by atoms with Gasteiger partial charge in [-0.25, -0.2) is 22.3 Å². The van der Waals surface area contributed by atoms with E-state index in [0.717, 1.165) is 18.9 Å². The molecule has 0 atom stereocenters. The first-order chi connectivity index (χ1) is 15.2. The van der Waals surface area contributed by atoms with Gasteiger partial charge in [-0.15, -0.1) is 0 Å². The monoisotopic (exact) mass is 461 g/mol. The Bertz CT molecular complexity index is 1140. The number of hydrogen-bond acceptors (Lipinski definition) is 5. The largest absolute Gasteiger partial charge is 0.511 e. The summed E-state index contributed by atoms with van der Waals surface area (Å²) in [5.41, 5.74) is -1.03. The summed E-state index contributed by atoms with van der Waals surface area (Å²) in [4.78, 5) is 12.7. The highest BCUT2D eigenvalue weighted by Gasteiger charge is 2.42. The smallest absolute Gasteiger partial charge is 0.342 e. The predicted octanol–water partition coefficient (Wildman–Crippen LogP) is 4.96. The summed E-state index contributed by atoms with van der Waals surface area (Å²) in [6, 6.07) is 10.5. The van der Waals surface area contributed by atoms with Crippen molar-refractivity contribution in [3.63, 3.8) is 0 Å². The van der Waals surface area contributed by atoms with Crippen LogP contribution in [-0.4, -0.2) is 32.1 Å². The second-order valence-corrected chi connectivity index (χ2v) is 9.77. The lowest BCUT2D eigenvalue weighted by molar-refractivity contribution is -0.157. The van der Waals surface area contributed by atoms with Gasteiger partial charge in [-0.3, -0.25) is 0 Å². The molecule has 2 aromatic carbocycles. The molecule has 6 nitrogen and oxygen atoms in total. The van der Waals surface area contributed by atoms with Gasteiger partial charge in [-0.05, 0) is 37.6 Å². The molecule has 0 aromatic heterocycles. The van der Waals surface area contributed by atoms with E-state index in [4.69, 9.17) is 4.74 Å². The number of aliphatic hydroxyl groups excluding tert-OH is 1. The zero-order chi connectivity index (χ0) is 23.5. The fourth-order valence-electron chi connectivity index (χ4n) is 4.39. The number of nitrogens with one attached hydrogen (secondary N) is 1. The maximum Gasteiger partial charge on any atom is 0.342 e. The van der Waals surface area contributed by atoms with Crippen LogP contribution in [0, 0.1) is 5.82 Å². The highest BCUT2D eigenvalue weighted by Crippen LogP contribution is 2.43.